The summed E-state index contributed by atoms with van der Waals surface area (Å²) in [7, 11) is -1.14. The van der Waals surface area contributed by atoms with Crippen LogP contribution in [0, 0.1) is 0 Å². The van der Waals surface area contributed by atoms with Gasteiger partial charge in [-0.3, -0.25) is 4.68 Å². The van der Waals surface area contributed by atoms with E-state index in [4.69, 9.17) is 0 Å². The van der Waals surface area contributed by atoms with Gasteiger partial charge in [0.2, 0.25) is 0 Å². The molecule has 104 valence electrons. The highest BCUT2D eigenvalue weighted by molar-refractivity contribution is 7.92. The van der Waals surface area contributed by atoms with Gasteiger partial charge in [-0.2, -0.15) is 5.10 Å². The number of rotatable bonds is 6. The second kappa shape index (κ2) is 5.84. The Hall–Kier alpha value is -0.880. The van der Waals surface area contributed by atoms with Crippen LogP contribution in [0.25, 0.3) is 0 Å². The van der Waals surface area contributed by atoms with Gasteiger partial charge in [-0.1, -0.05) is 0 Å². The van der Waals surface area contributed by atoms with Crippen LogP contribution in [-0.2, 0) is 23.3 Å². The minimum atomic E-state index is -3.02. The summed E-state index contributed by atoms with van der Waals surface area (Å²) in [6.07, 6.45) is 2.72. The average Bonchev–Trinajstić information content (AvgIpc) is 2.62. The van der Waals surface area contributed by atoms with Crippen LogP contribution in [0.15, 0.2) is 12.3 Å². The average molecular weight is 273 g/mol. The van der Waals surface area contributed by atoms with Gasteiger partial charge in [-0.25, -0.2) is 8.42 Å². The van der Waals surface area contributed by atoms with E-state index in [2.05, 4.69) is 10.4 Å². The second-order valence-electron chi connectivity index (χ2n) is 5.41. The van der Waals surface area contributed by atoms with Crippen LogP contribution >= 0.6 is 0 Å². The SMILES string of the molecule is Cn1ccc(CCNCCS(=O)(=O)C(C)(C)C)n1. The van der Waals surface area contributed by atoms with E-state index >= 15 is 0 Å². The molecule has 0 aliphatic rings. The molecule has 0 amide bonds. The van der Waals surface area contributed by atoms with E-state index < -0.39 is 14.6 Å². The molecule has 1 N–H and O–H groups in total. The molecule has 0 bridgehead atoms. The molecular formula is C12H23N3O2S. The highest BCUT2D eigenvalue weighted by Crippen LogP contribution is 2.15. The lowest BCUT2D eigenvalue weighted by molar-refractivity contribution is 0.556. The van der Waals surface area contributed by atoms with E-state index in [1.807, 2.05) is 19.3 Å². The van der Waals surface area contributed by atoms with Crippen LogP contribution in [-0.4, -0.2) is 41.8 Å². The summed E-state index contributed by atoms with van der Waals surface area (Å²) in [5, 5.41) is 7.40. The van der Waals surface area contributed by atoms with Gasteiger partial charge in [0.1, 0.15) is 0 Å². The fourth-order valence-electron chi connectivity index (χ4n) is 1.45. The van der Waals surface area contributed by atoms with Crippen molar-refractivity contribution in [1.82, 2.24) is 15.1 Å². The summed E-state index contributed by atoms with van der Waals surface area (Å²) in [5.74, 6) is 0.179. The van der Waals surface area contributed by atoms with Crippen molar-refractivity contribution >= 4 is 9.84 Å². The minimum absolute atomic E-state index is 0.179. The van der Waals surface area contributed by atoms with Crippen LogP contribution in [0.4, 0.5) is 0 Å². The maximum absolute atomic E-state index is 11.8. The quantitative estimate of drug-likeness (QED) is 0.778. The van der Waals surface area contributed by atoms with Gasteiger partial charge >= 0.3 is 0 Å². The van der Waals surface area contributed by atoms with Crippen LogP contribution in [0.3, 0.4) is 0 Å². The predicted molar refractivity (Wildman–Crippen MR) is 73.3 cm³/mol. The Morgan fingerprint density at radius 1 is 1.33 bits per heavy atom. The Labute approximate surface area is 109 Å². The van der Waals surface area contributed by atoms with Gasteiger partial charge in [0.15, 0.2) is 9.84 Å². The first kappa shape index (κ1) is 15.2. The summed E-state index contributed by atoms with van der Waals surface area (Å²) in [6.45, 7) is 6.44. The first-order valence-corrected chi connectivity index (χ1v) is 7.79. The first-order chi connectivity index (χ1) is 8.22. The molecule has 1 heterocycles. The smallest absolute Gasteiger partial charge is 0.156 e. The number of sulfone groups is 1. The molecule has 0 saturated heterocycles. The van der Waals surface area contributed by atoms with Gasteiger partial charge < -0.3 is 5.32 Å². The Morgan fingerprint density at radius 3 is 2.50 bits per heavy atom. The molecule has 1 rings (SSSR count). The number of aryl methyl sites for hydroxylation is 1. The molecule has 0 atom stereocenters. The normalized spacial score (nSPS) is 12.9. The number of hydrogen-bond acceptors (Lipinski definition) is 4. The molecule has 6 heteroatoms. The van der Waals surface area contributed by atoms with Gasteiger partial charge in [-0.05, 0) is 26.8 Å². The van der Waals surface area contributed by atoms with Crippen molar-refractivity contribution in [2.24, 2.45) is 7.05 Å². The van der Waals surface area contributed by atoms with E-state index in [1.165, 1.54) is 0 Å². The standard InChI is InChI=1S/C12H23N3O2S/c1-12(2,3)18(16,17)10-8-13-7-5-11-6-9-15(4)14-11/h6,9,13H,5,7-8,10H2,1-4H3. The molecular weight excluding hydrogens is 250 g/mol. The van der Waals surface area contributed by atoms with Crippen molar-refractivity contribution in [3.63, 3.8) is 0 Å². The molecule has 0 spiro atoms. The van der Waals surface area contributed by atoms with Crippen molar-refractivity contribution in [2.75, 3.05) is 18.8 Å². The van der Waals surface area contributed by atoms with E-state index in [-0.39, 0.29) is 5.75 Å². The Bertz CT molecular complexity index is 472. The maximum atomic E-state index is 11.8. The summed E-state index contributed by atoms with van der Waals surface area (Å²) >= 11 is 0. The monoisotopic (exact) mass is 273 g/mol. The van der Waals surface area contributed by atoms with Crippen molar-refractivity contribution in [1.29, 1.82) is 0 Å². The predicted octanol–water partition coefficient (Wildman–Crippen LogP) is 0.766. The topological polar surface area (TPSA) is 64.0 Å². The molecule has 0 aliphatic carbocycles. The van der Waals surface area contributed by atoms with Gasteiger partial charge in [0, 0.05) is 32.8 Å². The van der Waals surface area contributed by atoms with Crippen molar-refractivity contribution < 1.29 is 8.42 Å². The molecule has 0 aliphatic heterocycles. The molecule has 0 aromatic carbocycles. The molecule has 0 radical (unpaired) electrons. The van der Waals surface area contributed by atoms with Crippen LogP contribution in [0.5, 0.6) is 0 Å². The zero-order valence-corrected chi connectivity index (χ0v) is 12.4. The lowest BCUT2D eigenvalue weighted by Crippen LogP contribution is -2.35. The molecule has 0 fully saturated rings. The summed E-state index contributed by atoms with van der Waals surface area (Å²) in [4.78, 5) is 0. The molecule has 18 heavy (non-hydrogen) atoms. The molecule has 5 nitrogen and oxygen atoms in total. The second-order valence-corrected chi connectivity index (χ2v) is 8.27. The zero-order chi connectivity index (χ0) is 13.8. The van der Waals surface area contributed by atoms with Gasteiger partial charge in [0.05, 0.1) is 16.2 Å². The van der Waals surface area contributed by atoms with Crippen molar-refractivity contribution in [3.8, 4) is 0 Å². The Morgan fingerprint density at radius 2 is 2.00 bits per heavy atom. The molecule has 0 saturated carbocycles. The third-order valence-corrected chi connectivity index (χ3v) is 5.41. The van der Waals surface area contributed by atoms with Crippen molar-refractivity contribution in [3.05, 3.63) is 18.0 Å². The van der Waals surface area contributed by atoms with Gasteiger partial charge in [-0.15, -0.1) is 0 Å². The molecule has 1 aromatic rings. The number of aromatic nitrogens is 2. The summed E-state index contributed by atoms with van der Waals surface area (Å²) < 4.78 is 24.8. The number of nitrogens with one attached hydrogen (secondary N) is 1. The zero-order valence-electron chi connectivity index (χ0n) is 11.6. The summed E-state index contributed by atoms with van der Waals surface area (Å²) in [5.41, 5.74) is 1.02. The van der Waals surface area contributed by atoms with Crippen LogP contribution in [0.2, 0.25) is 0 Å². The van der Waals surface area contributed by atoms with Gasteiger partial charge in [0.25, 0.3) is 0 Å². The molecule has 1 aromatic heterocycles. The third kappa shape index (κ3) is 4.42. The molecule has 0 unspecified atom stereocenters. The number of hydrogen-bond donors (Lipinski definition) is 1. The van der Waals surface area contributed by atoms with Crippen molar-refractivity contribution in [2.45, 2.75) is 31.9 Å². The van der Waals surface area contributed by atoms with E-state index in [9.17, 15) is 8.42 Å². The highest BCUT2D eigenvalue weighted by Gasteiger charge is 2.27. The van der Waals surface area contributed by atoms with Crippen LogP contribution < -0.4 is 5.32 Å². The number of nitrogens with zero attached hydrogens (tertiary/aromatic N) is 2. The maximum Gasteiger partial charge on any atom is 0.156 e. The Kier molecular flexibility index (Phi) is 4.92. The first-order valence-electron chi connectivity index (χ1n) is 6.14. The van der Waals surface area contributed by atoms with E-state index in [1.54, 1.807) is 25.5 Å². The van der Waals surface area contributed by atoms with E-state index in [0.29, 0.717) is 6.54 Å². The minimum Gasteiger partial charge on any atom is -0.315 e. The lowest BCUT2D eigenvalue weighted by atomic mass is 10.3. The summed E-state index contributed by atoms with van der Waals surface area (Å²) in [6, 6.07) is 1.97. The van der Waals surface area contributed by atoms with E-state index in [0.717, 1.165) is 18.7 Å². The third-order valence-electron chi connectivity index (χ3n) is 2.81. The fourth-order valence-corrected chi connectivity index (χ4v) is 2.48. The van der Waals surface area contributed by atoms with Crippen LogP contribution in [0.1, 0.15) is 26.5 Å². The lowest BCUT2D eigenvalue weighted by Gasteiger charge is -2.19. The fraction of sp³-hybridized carbons (Fsp3) is 0.750. The largest absolute Gasteiger partial charge is 0.315 e. The Balaban J connectivity index is 2.24. The highest BCUT2D eigenvalue weighted by atomic mass is 32.2.